The van der Waals surface area contributed by atoms with E-state index >= 15 is 0 Å². The summed E-state index contributed by atoms with van der Waals surface area (Å²) in [5, 5.41) is 0. The first-order valence-electron chi connectivity index (χ1n) is 11.1. The van der Waals surface area contributed by atoms with E-state index in [9.17, 15) is 0 Å². The fraction of sp³-hybridized carbons (Fsp3) is 0.259. The Bertz CT molecular complexity index is 1010. The number of hydrogen-bond acceptors (Lipinski definition) is 1. The molecule has 0 amide bonds. The van der Waals surface area contributed by atoms with Gasteiger partial charge in [0.25, 0.3) is 0 Å². The molecule has 0 aliphatic heterocycles. The molecule has 1 N–H and O–H groups in total. The van der Waals surface area contributed by atoms with Gasteiger partial charge in [0, 0.05) is 0 Å². The first-order chi connectivity index (χ1) is 14.3. The third-order valence-corrected chi connectivity index (χ3v) is 67.3. The van der Waals surface area contributed by atoms with E-state index < -0.39 is 23.9 Å². The molecule has 0 saturated heterocycles. The van der Waals surface area contributed by atoms with Crippen LogP contribution in [0.5, 0.6) is 0 Å². The van der Waals surface area contributed by atoms with Gasteiger partial charge in [0.15, 0.2) is 0 Å². The second-order valence-electron chi connectivity index (χ2n) is 10.1. The summed E-state index contributed by atoms with van der Waals surface area (Å²) in [6, 6.07) is 32.1. The molecule has 0 radical (unpaired) electrons. The zero-order valence-electron chi connectivity index (χ0n) is 18.9. The van der Waals surface area contributed by atoms with Gasteiger partial charge in [-0.25, -0.2) is 0 Å². The van der Waals surface area contributed by atoms with Crippen LogP contribution >= 0.6 is 0 Å². The summed E-state index contributed by atoms with van der Waals surface area (Å²) in [6.45, 7) is 12.3. The Hall–Kier alpha value is -1.55. The summed E-state index contributed by atoms with van der Waals surface area (Å²) in [5.74, 6) is -1.27. The maximum absolute atomic E-state index is 4.53. The third kappa shape index (κ3) is 3.17. The second-order valence-corrected chi connectivity index (χ2v) is 52.1. The van der Waals surface area contributed by atoms with Gasteiger partial charge in [-0.05, 0) is 0 Å². The van der Waals surface area contributed by atoms with E-state index in [0.717, 1.165) is 0 Å². The molecule has 3 aromatic rings. The molecule has 0 spiro atoms. The van der Waals surface area contributed by atoms with Crippen LogP contribution in [-0.2, 0) is 18.0 Å². The van der Waals surface area contributed by atoms with Gasteiger partial charge in [-0.3, -0.25) is 0 Å². The van der Waals surface area contributed by atoms with E-state index in [1.165, 1.54) is 11.1 Å². The predicted octanol–water partition coefficient (Wildman–Crippen LogP) is 5.38. The van der Waals surface area contributed by atoms with E-state index in [1.54, 1.807) is 6.64 Å². The van der Waals surface area contributed by atoms with Crippen LogP contribution in [0.25, 0.3) is 6.08 Å². The molecule has 3 heteroatoms. The predicted molar refractivity (Wildman–Crippen MR) is 132 cm³/mol. The molecule has 0 bridgehead atoms. The van der Waals surface area contributed by atoms with E-state index in [4.69, 9.17) is 0 Å². The molecular weight excluding hydrogens is 545 g/mol. The molecule has 1 nitrogen and oxygen atoms in total. The van der Waals surface area contributed by atoms with Crippen molar-refractivity contribution >= 4 is 18.7 Å². The van der Waals surface area contributed by atoms with Crippen LogP contribution in [0.4, 0.5) is 0 Å². The van der Waals surface area contributed by atoms with Crippen LogP contribution in [-0.4, -0.2) is 11.5 Å². The average molecular weight is 579 g/mol. The Labute approximate surface area is 184 Å². The van der Waals surface area contributed by atoms with Crippen molar-refractivity contribution in [1.29, 1.82) is 0 Å². The Kier molecular flexibility index (Phi) is 5.67. The number of fused-ring (bicyclic) bond motifs is 1. The van der Waals surface area contributed by atoms with Gasteiger partial charge in [-0.1, -0.05) is 0 Å². The Balaban J connectivity index is 2.20. The van der Waals surface area contributed by atoms with Gasteiger partial charge in [-0.2, -0.15) is 0 Å². The minimum absolute atomic E-state index is 0.0178. The minimum atomic E-state index is -4.30. The zero-order valence-corrected chi connectivity index (χ0v) is 23.6. The molecule has 4 rings (SSSR count). The van der Waals surface area contributed by atoms with E-state index in [-0.39, 0.29) is 5.54 Å². The van der Waals surface area contributed by atoms with E-state index in [1.807, 2.05) is 0 Å². The quantitative estimate of drug-likeness (QED) is 0.401. The number of allylic oxidation sites excluding steroid dienone is 1. The normalized spacial score (nSPS) is 17.5. The topological polar surface area (TPSA) is 12.0 Å². The molecule has 1 unspecified atom stereocenters. The Morgan fingerprint density at radius 1 is 0.733 bits per heavy atom. The molecule has 30 heavy (non-hydrogen) atoms. The number of benzene rings is 3. The van der Waals surface area contributed by atoms with Crippen molar-refractivity contribution in [2.24, 2.45) is 0 Å². The number of hydrogen-bond donors (Lipinski definition) is 1. The average Bonchev–Trinajstić information content (AvgIpc) is 3.17. The van der Waals surface area contributed by atoms with Crippen LogP contribution < -0.4 is 9.94 Å². The molecule has 0 fully saturated rings. The summed E-state index contributed by atoms with van der Waals surface area (Å²) in [6.07, 6.45) is 4.93. The Morgan fingerprint density at radius 3 is 1.73 bits per heavy atom. The van der Waals surface area contributed by atoms with Gasteiger partial charge in [0.2, 0.25) is 0 Å². The third-order valence-electron chi connectivity index (χ3n) is 7.08. The van der Waals surface area contributed by atoms with Crippen molar-refractivity contribution in [3.63, 3.8) is 0 Å². The summed E-state index contributed by atoms with van der Waals surface area (Å²) in [5.41, 5.74) is 2.92. The van der Waals surface area contributed by atoms with Gasteiger partial charge >= 0.3 is 185 Å². The van der Waals surface area contributed by atoms with Crippen molar-refractivity contribution in [2.45, 2.75) is 43.1 Å². The molecule has 3 aromatic carbocycles. The summed E-state index contributed by atoms with van der Waals surface area (Å²) in [7, 11) is 0. The molecule has 1 aliphatic rings. The fourth-order valence-electron chi connectivity index (χ4n) is 6.09. The molecule has 0 saturated carbocycles. The van der Waals surface area contributed by atoms with Crippen molar-refractivity contribution in [2.75, 3.05) is 0 Å². The number of rotatable bonds is 5. The molecular formula is C27H34HfNSi. The van der Waals surface area contributed by atoms with Crippen LogP contribution in [0.3, 0.4) is 0 Å². The van der Waals surface area contributed by atoms with E-state index in [0.29, 0.717) is 3.67 Å². The standard InChI is InChI=1S/C9H7.2C6H5.C4H10N.C2H7Si.Hf/c1-2-5-9-7-3-6-8(9)4-1;2*1-2-4-6-5-3-1;1-4(2,3)5;1-3-2;/h1-7H;2*1-5H;5H,1-3H3;3H,1-2H3;/q;;;-1;;+1. The molecule has 155 valence electrons. The molecule has 0 heterocycles. The van der Waals surface area contributed by atoms with Crippen LogP contribution in [0.15, 0.2) is 91.0 Å². The van der Waals surface area contributed by atoms with Crippen molar-refractivity contribution in [3.8, 4) is 0 Å². The summed E-state index contributed by atoms with van der Waals surface area (Å²) >= 11 is -4.30. The zero-order chi connectivity index (χ0) is 21.4. The van der Waals surface area contributed by atoms with Crippen molar-refractivity contribution in [3.05, 3.63) is 102 Å². The molecule has 1 aliphatic carbocycles. The first kappa shape index (κ1) is 21.7. The number of nitrogens with one attached hydrogen (secondary N) is 1. The van der Waals surface area contributed by atoms with Crippen molar-refractivity contribution in [1.82, 2.24) is 3.30 Å². The van der Waals surface area contributed by atoms with Crippen LogP contribution in [0.2, 0.25) is 13.1 Å². The fourth-order valence-corrected chi connectivity index (χ4v) is 65.5. The Morgan fingerprint density at radius 2 is 1.23 bits per heavy atom. The van der Waals surface area contributed by atoms with E-state index in [2.05, 4.69) is 134 Å². The summed E-state index contributed by atoms with van der Waals surface area (Å²) < 4.78 is 8.14. The monoisotopic (exact) mass is 580 g/mol. The first-order valence-corrected chi connectivity index (χ1v) is 27.7. The van der Waals surface area contributed by atoms with Crippen LogP contribution in [0.1, 0.15) is 35.6 Å². The molecule has 0 aromatic heterocycles. The SMILES string of the molecule is C[SiH](C)[Hf]([NH]C(C)(C)C)([c]1ccccc1)([c]1ccccc1)[CH]1C=Cc2ccccc21. The van der Waals surface area contributed by atoms with Crippen LogP contribution in [0, 0.1) is 0 Å². The maximum atomic E-state index is 4.53. The molecule has 1 atom stereocenters. The summed E-state index contributed by atoms with van der Waals surface area (Å²) in [4.78, 5) is 0. The van der Waals surface area contributed by atoms with Gasteiger partial charge in [-0.15, -0.1) is 0 Å². The van der Waals surface area contributed by atoms with Crippen molar-refractivity contribution < 1.29 is 18.0 Å². The van der Waals surface area contributed by atoms with Gasteiger partial charge < -0.3 is 0 Å². The van der Waals surface area contributed by atoms with Gasteiger partial charge in [0.05, 0.1) is 0 Å². The van der Waals surface area contributed by atoms with Gasteiger partial charge in [0.1, 0.15) is 0 Å². The second kappa shape index (κ2) is 7.85.